The lowest BCUT2D eigenvalue weighted by molar-refractivity contribution is 0.0498. The van der Waals surface area contributed by atoms with E-state index in [0.717, 1.165) is 37.9 Å². The molecule has 1 aliphatic rings. The molecule has 0 aliphatic carbocycles. The van der Waals surface area contributed by atoms with Crippen molar-refractivity contribution in [1.82, 2.24) is 0 Å². The number of nitrogens with one attached hydrogen (secondary N) is 1. The van der Waals surface area contributed by atoms with Crippen LogP contribution in [0.1, 0.15) is 42.1 Å². The quantitative estimate of drug-likeness (QED) is 0.627. The van der Waals surface area contributed by atoms with Gasteiger partial charge in [0, 0.05) is 12.2 Å². The zero-order valence-corrected chi connectivity index (χ0v) is 10.3. The van der Waals surface area contributed by atoms with Crippen LogP contribution in [0, 0.1) is 0 Å². The first kappa shape index (κ1) is 12.0. The van der Waals surface area contributed by atoms with Crippen molar-refractivity contribution >= 4 is 11.7 Å². The van der Waals surface area contributed by atoms with Gasteiger partial charge in [-0.2, -0.15) is 0 Å². The summed E-state index contributed by atoms with van der Waals surface area (Å²) >= 11 is 0. The Bertz CT molecular complexity index is 401. The first-order chi connectivity index (χ1) is 8.31. The minimum Gasteiger partial charge on any atom is -0.462 e. The summed E-state index contributed by atoms with van der Waals surface area (Å²) in [7, 11) is 0. The summed E-state index contributed by atoms with van der Waals surface area (Å²) in [5.41, 5.74) is 3.03. The van der Waals surface area contributed by atoms with Crippen LogP contribution in [0.4, 0.5) is 5.69 Å². The number of unbranched alkanes of at least 4 members (excludes halogenated alkanes) is 2. The van der Waals surface area contributed by atoms with Crippen LogP contribution < -0.4 is 5.32 Å². The molecule has 3 nitrogen and oxygen atoms in total. The fraction of sp³-hybridized carbons (Fsp3) is 0.500. The smallest absolute Gasteiger partial charge is 0.338 e. The largest absolute Gasteiger partial charge is 0.462 e. The van der Waals surface area contributed by atoms with Gasteiger partial charge < -0.3 is 10.1 Å². The topological polar surface area (TPSA) is 38.3 Å². The Kier molecular flexibility index (Phi) is 4.02. The fourth-order valence-corrected chi connectivity index (χ4v) is 2.03. The number of benzene rings is 1. The Labute approximate surface area is 102 Å². The van der Waals surface area contributed by atoms with E-state index in [9.17, 15) is 4.79 Å². The standard InChI is InChI=1S/C14H19NO2/c1-2-3-4-9-17-14(16)12-5-6-13-11(10-12)7-8-15-13/h5-6,10,15H,2-4,7-9H2,1H3. The first-order valence-corrected chi connectivity index (χ1v) is 6.35. The van der Waals surface area contributed by atoms with Crippen LogP contribution >= 0.6 is 0 Å². The van der Waals surface area contributed by atoms with Gasteiger partial charge in [-0.05, 0) is 36.6 Å². The van der Waals surface area contributed by atoms with Gasteiger partial charge in [0.1, 0.15) is 0 Å². The number of hydrogen-bond acceptors (Lipinski definition) is 3. The van der Waals surface area contributed by atoms with Crippen LogP contribution in [0.15, 0.2) is 18.2 Å². The van der Waals surface area contributed by atoms with Crippen molar-refractivity contribution < 1.29 is 9.53 Å². The Hall–Kier alpha value is -1.51. The summed E-state index contributed by atoms with van der Waals surface area (Å²) in [5.74, 6) is -0.198. The second kappa shape index (κ2) is 5.71. The maximum absolute atomic E-state index is 11.8. The summed E-state index contributed by atoms with van der Waals surface area (Å²) in [6, 6.07) is 5.74. The number of carbonyl (C=O) groups is 1. The maximum atomic E-state index is 11.8. The van der Waals surface area contributed by atoms with Gasteiger partial charge in [0.15, 0.2) is 0 Å². The number of ether oxygens (including phenoxy) is 1. The van der Waals surface area contributed by atoms with Crippen molar-refractivity contribution in [3.05, 3.63) is 29.3 Å². The van der Waals surface area contributed by atoms with E-state index in [0.29, 0.717) is 12.2 Å². The van der Waals surface area contributed by atoms with E-state index >= 15 is 0 Å². The van der Waals surface area contributed by atoms with E-state index in [1.807, 2.05) is 18.2 Å². The molecule has 0 bridgehead atoms. The molecule has 0 spiro atoms. The number of carbonyl (C=O) groups excluding carboxylic acids is 1. The SMILES string of the molecule is CCCCCOC(=O)c1ccc2c(c1)CCN2. The lowest BCUT2D eigenvalue weighted by Crippen LogP contribution is -2.06. The van der Waals surface area contributed by atoms with Crippen LogP contribution in [-0.4, -0.2) is 19.1 Å². The Morgan fingerprint density at radius 1 is 1.41 bits per heavy atom. The van der Waals surface area contributed by atoms with Crippen molar-refractivity contribution in [3.63, 3.8) is 0 Å². The summed E-state index contributed by atoms with van der Waals surface area (Å²) in [6.45, 7) is 3.63. The molecule has 1 aromatic carbocycles. The number of fused-ring (bicyclic) bond motifs is 1. The average molecular weight is 233 g/mol. The van der Waals surface area contributed by atoms with Gasteiger partial charge in [-0.1, -0.05) is 19.8 Å². The third kappa shape index (κ3) is 2.99. The minimum absolute atomic E-state index is 0.198. The molecule has 92 valence electrons. The molecule has 1 aliphatic heterocycles. The Balaban J connectivity index is 1.91. The Morgan fingerprint density at radius 3 is 3.12 bits per heavy atom. The average Bonchev–Trinajstić information content (AvgIpc) is 2.81. The van der Waals surface area contributed by atoms with Gasteiger partial charge in [0.2, 0.25) is 0 Å². The van der Waals surface area contributed by atoms with Crippen LogP contribution in [0.5, 0.6) is 0 Å². The summed E-state index contributed by atoms with van der Waals surface area (Å²) in [4.78, 5) is 11.8. The number of esters is 1. The van der Waals surface area contributed by atoms with Crippen molar-refractivity contribution in [2.75, 3.05) is 18.5 Å². The predicted molar refractivity (Wildman–Crippen MR) is 68.4 cm³/mol. The summed E-state index contributed by atoms with van der Waals surface area (Å²) in [5, 5.41) is 3.27. The third-order valence-corrected chi connectivity index (χ3v) is 3.03. The van der Waals surface area contributed by atoms with Crippen molar-refractivity contribution in [1.29, 1.82) is 0 Å². The molecular weight excluding hydrogens is 214 g/mol. The molecule has 1 N–H and O–H groups in total. The van der Waals surface area contributed by atoms with Gasteiger partial charge >= 0.3 is 5.97 Å². The molecular formula is C14H19NO2. The number of anilines is 1. The number of hydrogen-bond donors (Lipinski definition) is 1. The molecule has 0 saturated heterocycles. The third-order valence-electron chi connectivity index (χ3n) is 3.03. The molecule has 0 saturated carbocycles. The lowest BCUT2D eigenvalue weighted by atomic mass is 10.1. The second-order valence-electron chi connectivity index (χ2n) is 4.39. The van der Waals surface area contributed by atoms with Gasteiger partial charge in [-0.25, -0.2) is 4.79 Å². The molecule has 0 radical (unpaired) electrons. The van der Waals surface area contributed by atoms with E-state index in [4.69, 9.17) is 4.74 Å². The second-order valence-corrected chi connectivity index (χ2v) is 4.39. The van der Waals surface area contributed by atoms with E-state index in [1.165, 1.54) is 5.56 Å². The van der Waals surface area contributed by atoms with E-state index in [1.54, 1.807) is 0 Å². The molecule has 1 heterocycles. The van der Waals surface area contributed by atoms with Gasteiger partial charge in [0.05, 0.1) is 12.2 Å². The molecule has 0 atom stereocenters. The summed E-state index contributed by atoms with van der Waals surface area (Å²) in [6.07, 6.45) is 4.20. The van der Waals surface area contributed by atoms with Crippen molar-refractivity contribution in [2.45, 2.75) is 32.6 Å². The van der Waals surface area contributed by atoms with Crippen LogP contribution in [0.3, 0.4) is 0 Å². The van der Waals surface area contributed by atoms with Crippen LogP contribution in [0.2, 0.25) is 0 Å². The van der Waals surface area contributed by atoms with Crippen LogP contribution in [-0.2, 0) is 11.2 Å². The highest BCUT2D eigenvalue weighted by Gasteiger charge is 2.13. The van der Waals surface area contributed by atoms with Crippen molar-refractivity contribution in [3.8, 4) is 0 Å². The molecule has 17 heavy (non-hydrogen) atoms. The zero-order chi connectivity index (χ0) is 12.1. The van der Waals surface area contributed by atoms with E-state index in [-0.39, 0.29) is 5.97 Å². The summed E-state index contributed by atoms with van der Waals surface area (Å²) < 4.78 is 5.23. The maximum Gasteiger partial charge on any atom is 0.338 e. The van der Waals surface area contributed by atoms with Gasteiger partial charge in [-0.3, -0.25) is 0 Å². The molecule has 0 fully saturated rings. The predicted octanol–water partition coefficient (Wildman–Crippen LogP) is 3.00. The zero-order valence-electron chi connectivity index (χ0n) is 10.3. The van der Waals surface area contributed by atoms with Gasteiger partial charge in [-0.15, -0.1) is 0 Å². The van der Waals surface area contributed by atoms with E-state index in [2.05, 4.69) is 12.2 Å². The van der Waals surface area contributed by atoms with Crippen molar-refractivity contribution in [2.24, 2.45) is 0 Å². The Morgan fingerprint density at radius 2 is 2.29 bits per heavy atom. The normalized spacial score (nSPS) is 13.0. The highest BCUT2D eigenvalue weighted by molar-refractivity contribution is 5.90. The molecule has 1 aromatic rings. The fourth-order valence-electron chi connectivity index (χ4n) is 2.03. The van der Waals surface area contributed by atoms with Gasteiger partial charge in [0.25, 0.3) is 0 Å². The van der Waals surface area contributed by atoms with Crippen LogP contribution in [0.25, 0.3) is 0 Å². The highest BCUT2D eigenvalue weighted by atomic mass is 16.5. The minimum atomic E-state index is -0.198. The molecule has 0 amide bonds. The van der Waals surface area contributed by atoms with E-state index < -0.39 is 0 Å². The first-order valence-electron chi connectivity index (χ1n) is 6.35. The molecule has 3 heteroatoms. The lowest BCUT2D eigenvalue weighted by Gasteiger charge is -2.06. The molecule has 0 aromatic heterocycles. The molecule has 0 unspecified atom stereocenters. The number of rotatable bonds is 5. The molecule has 2 rings (SSSR count). The monoisotopic (exact) mass is 233 g/mol. The highest BCUT2D eigenvalue weighted by Crippen LogP contribution is 2.23.